The van der Waals surface area contributed by atoms with Gasteiger partial charge in [0.15, 0.2) is 6.61 Å². The molecule has 0 aliphatic heterocycles. The number of nitrogens with zero attached hydrogens (tertiary/aromatic N) is 1. The average molecular weight is 373 g/mol. The topological polar surface area (TPSA) is 63.7 Å². The predicted molar refractivity (Wildman–Crippen MR) is 101 cm³/mol. The molecule has 0 fully saturated rings. The lowest BCUT2D eigenvalue weighted by Gasteiger charge is -2.21. The van der Waals surface area contributed by atoms with E-state index >= 15 is 0 Å². The van der Waals surface area contributed by atoms with E-state index in [1.54, 1.807) is 36.1 Å². The maximum Gasteiger partial charge on any atom is 0.339 e. The van der Waals surface area contributed by atoms with Crippen LogP contribution in [0.5, 0.6) is 0 Å². The summed E-state index contributed by atoms with van der Waals surface area (Å²) < 4.78 is 17.2. The van der Waals surface area contributed by atoms with Gasteiger partial charge in [0, 0.05) is 18.8 Å². The van der Waals surface area contributed by atoms with Crippen LogP contribution in [-0.2, 0) is 26.9 Å². The van der Waals surface area contributed by atoms with Crippen molar-refractivity contribution in [2.24, 2.45) is 0 Å². The Bertz CT molecular complexity index is 776. The summed E-state index contributed by atoms with van der Waals surface area (Å²) >= 11 is 0. The minimum absolute atomic E-state index is 0.242. The Labute approximate surface area is 156 Å². The molecule has 138 valence electrons. The number of rotatable bonds is 8. The molecule has 2 aromatic carbocycles. The van der Waals surface area contributed by atoms with E-state index in [1.165, 1.54) is 0 Å². The predicted octanol–water partition coefficient (Wildman–Crippen LogP) is 3.02. The fourth-order valence-electron chi connectivity index (χ4n) is 2.47. The van der Waals surface area contributed by atoms with Crippen molar-refractivity contribution in [1.29, 1.82) is 0 Å². The molecule has 6 heteroatoms. The van der Waals surface area contributed by atoms with Gasteiger partial charge in [-0.05, 0) is 24.6 Å². The lowest BCUT2D eigenvalue weighted by Crippen LogP contribution is -2.34. The standard InChI is InChI=1S/C20H23NO4S/c1-3-21(14-16-10-6-5-7-11-16)19(22)15-25-20(23)17-12-8-9-13-18(17)26(24)4-2/h5-13H,3-4,14-15H2,1-2H3. The average Bonchev–Trinajstić information content (AvgIpc) is 2.70. The Morgan fingerprint density at radius 1 is 1.00 bits per heavy atom. The molecule has 1 atom stereocenters. The molecule has 0 saturated heterocycles. The van der Waals surface area contributed by atoms with Crippen LogP contribution >= 0.6 is 0 Å². The Hall–Kier alpha value is -2.47. The van der Waals surface area contributed by atoms with Gasteiger partial charge < -0.3 is 9.64 Å². The molecule has 2 rings (SSSR count). The zero-order chi connectivity index (χ0) is 18.9. The van der Waals surface area contributed by atoms with E-state index < -0.39 is 16.8 Å². The Balaban J connectivity index is 2.00. The summed E-state index contributed by atoms with van der Waals surface area (Å²) in [5, 5.41) is 0. The molecule has 0 aliphatic rings. The molecule has 0 spiro atoms. The summed E-state index contributed by atoms with van der Waals surface area (Å²) in [7, 11) is -1.27. The van der Waals surface area contributed by atoms with Gasteiger partial charge in [-0.1, -0.05) is 49.4 Å². The molecule has 0 aliphatic carbocycles. The normalized spacial score (nSPS) is 11.6. The first-order chi connectivity index (χ1) is 12.6. The van der Waals surface area contributed by atoms with Crippen LogP contribution in [0.4, 0.5) is 0 Å². The number of hydrogen-bond acceptors (Lipinski definition) is 4. The quantitative estimate of drug-likeness (QED) is 0.667. The van der Waals surface area contributed by atoms with E-state index in [2.05, 4.69) is 0 Å². The number of carbonyl (C=O) groups is 2. The lowest BCUT2D eigenvalue weighted by molar-refractivity contribution is -0.134. The number of ether oxygens (including phenoxy) is 1. The van der Waals surface area contributed by atoms with Gasteiger partial charge >= 0.3 is 5.97 Å². The number of amides is 1. The van der Waals surface area contributed by atoms with Gasteiger partial charge in [0.1, 0.15) is 0 Å². The van der Waals surface area contributed by atoms with E-state index in [4.69, 9.17) is 4.74 Å². The Kier molecular flexibility index (Phi) is 7.53. The van der Waals surface area contributed by atoms with Crippen molar-refractivity contribution in [2.45, 2.75) is 25.3 Å². The third-order valence-corrected chi connectivity index (χ3v) is 5.26. The highest BCUT2D eigenvalue weighted by Gasteiger charge is 2.19. The molecule has 1 unspecified atom stereocenters. The molecule has 0 aromatic heterocycles. The summed E-state index contributed by atoms with van der Waals surface area (Å²) in [5.74, 6) is -0.491. The summed E-state index contributed by atoms with van der Waals surface area (Å²) in [6, 6.07) is 16.3. The van der Waals surface area contributed by atoms with Crippen molar-refractivity contribution >= 4 is 22.7 Å². The highest BCUT2D eigenvalue weighted by atomic mass is 32.2. The molecular formula is C20H23NO4S. The third kappa shape index (κ3) is 5.26. The highest BCUT2D eigenvalue weighted by molar-refractivity contribution is 7.85. The van der Waals surface area contributed by atoms with Crippen molar-refractivity contribution in [1.82, 2.24) is 4.90 Å². The molecule has 1 amide bonds. The van der Waals surface area contributed by atoms with Gasteiger partial charge in [-0.15, -0.1) is 0 Å². The number of hydrogen-bond donors (Lipinski definition) is 0. The molecule has 5 nitrogen and oxygen atoms in total. The minimum atomic E-state index is -1.27. The molecular weight excluding hydrogens is 350 g/mol. The molecule has 0 saturated carbocycles. The second-order valence-electron chi connectivity index (χ2n) is 5.60. The molecule has 26 heavy (non-hydrogen) atoms. The van der Waals surface area contributed by atoms with Crippen LogP contribution in [0, 0.1) is 0 Å². The van der Waals surface area contributed by atoms with Crippen LogP contribution in [-0.4, -0.2) is 39.9 Å². The number of likely N-dealkylation sites (N-methyl/N-ethyl adjacent to an activating group) is 1. The summed E-state index contributed by atoms with van der Waals surface area (Å²) in [6.45, 7) is 4.30. The molecule has 0 heterocycles. The zero-order valence-corrected chi connectivity index (χ0v) is 15.8. The Morgan fingerprint density at radius 2 is 1.65 bits per heavy atom. The molecule has 0 N–H and O–H groups in total. The van der Waals surface area contributed by atoms with Gasteiger partial charge in [0.05, 0.1) is 21.3 Å². The van der Waals surface area contributed by atoms with Crippen LogP contribution in [0.15, 0.2) is 59.5 Å². The second kappa shape index (κ2) is 9.87. The van der Waals surface area contributed by atoms with Gasteiger partial charge in [-0.3, -0.25) is 9.00 Å². The van der Waals surface area contributed by atoms with Gasteiger partial charge in [0.25, 0.3) is 5.91 Å². The molecule has 0 bridgehead atoms. The molecule has 0 radical (unpaired) electrons. The van der Waals surface area contributed by atoms with Gasteiger partial charge in [-0.25, -0.2) is 4.79 Å². The number of esters is 1. The van der Waals surface area contributed by atoms with Crippen LogP contribution in [0.1, 0.15) is 29.8 Å². The van der Waals surface area contributed by atoms with Crippen molar-refractivity contribution in [3.63, 3.8) is 0 Å². The SMILES string of the molecule is CCN(Cc1ccccc1)C(=O)COC(=O)c1ccccc1S(=O)CC. The van der Waals surface area contributed by atoms with Crippen LogP contribution in [0.2, 0.25) is 0 Å². The maximum atomic E-state index is 12.4. The summed E-state index contributed by atoms with van der Waals surface area (Å²) in [4.78, 5) is 26.8. The van der Waals surface area contributed by atoms with Crippen molar-refractivity contribution < 1.29 is 18.5 Å². The second-order valence-corrected chi connectivity index (χ2v) is 7.31. The Morgan fingerprint density at radius 3 is 2.31 bits per heavy atom. The monoisotopic (exact) mass is 373 g/mol. The summed E-state index contributed by atoms with van der Waals surface area (Å²) in [6.07, 6.45) is 0. The molecule has 2 aromatic rings. The first-order valence-electron chi connectivity index (χ1n) is 8.53. The summed E-state index contributed by atoms with van der Waals surface area (Å²) in [5.41, 5.74) is 1.25. The van der Waals surface area contributed by atoms with E-state index in [-0.39, 0.29) is 18.1 Å². The third-order valence-electron chi connectivity index (χ3n) is 3.89. The van der Waals surface area contributed by atoms with Crippen LogP contribution in [0.3, 0.4) is 0 Å². The van der Waals surface area contributed by atoms with E-state index in [0.29, 0.717) is 23.7 Å². The van der Waals surface area contributed by atoms with Gasteiger partial charge in [0.2, 0.25) is 0 Å². The number of benzene rings is 2. The largest absolute Gasteiger partial charge is 0.452 e. The fraction of sp³-hybridized carbons (Fsp3) is 0.300. The van der Waals surface area contributed by atoms with E-state index in [0.717, 1.165) is 5.56 Å². The van der Waals surface area contributed by atoms with Crippen molar-refractivity contribution in [3.05, 3.63) is 65.7 Å². The van der Waals surface area contributed by atoms with E-state index in [1.807, 2.05) is 37.3 Å². The number of carbonyl (C=O) groups excluding carboxylic acids is 2. The minimum Gasteiger partial charge on any atom is -0.452 e. The van der Waals surface area contributed by atoms with Crippen molar-refractivity contribution in [3.8, 4) is 0 Å². The van der Waals surface area contributed by atoms with Crippen LogP contribution < -0.4 is 0 Å². The van der Waals surface area contributed by atoms with E-state index in [9.17, 15) is 13.8 Å². The maximum absolute atomic E-state index is 12.4. The lowest BCUT2D eigenvalue weighted by atomic mass is 10.2. The van der Waals surface area contributed by atoms with Crippen LogP contribution in [0.25, 0.3) is 0 Å². The van der Waals surface area contributed by atoms with Gasteiger partial charge in [-0.2, -0.15) is 0 Å². The first kappa shape index (κ1) is 19.8. The first-order valence-corrected chi connectivity index (χ1v) is 9.84. The zero-order valence-electron chi connectivity index (χ0n) is 15.0. The smallest absolute Gasteiger partial charge is 0.339 e. The fourth-order valence-corrected chi connectivity index (χ4v) is 3.40. The van der Waals surface area contributed by atoms with Crippen molar-refractivity contribution in [2.75, 3.05) is 18.9 Å². The highest BCUT2D eigenvalue weighted by Crippen LogP contribution is 2.15.